The maximum absolute atomic E-state index is 12.7. The van der Waals surface area contributed by atoms with Crippen LogP contribution in [0.1, 0.15) is 56.1 Å². The number of amides is 1. The van der Waals surface area contributed by atoms with Crippen molar-refractivity contribution in [2.24, 2.45) is 5.92 Å². The van der Waals surface area contributed by atoms with E-state index in [1.807, 2.05) is 23.5 Å². The van der Waals surface area contributed by atoms with Crippen LogP contribution in [0.5, 0.6) is 0 Å². The third-order valence-electron chi connectivity index (χ3n) is 5.13. The van der Waals surface area contributed by atoms with Crippen LogP contribution in [0.2, 0.25) is 0 Å². The van der Waals surface area contributed by atoms with Crippen LogP contribution in [-0.4, -0.2) is 43.6 Å². The molecule has 0 saturated carbocycles. The minimum absolute atomic E-state index is 0.259. The highest BCUT2D eigenvalue weighted by Gasteiger charge is 2.24. The van der Waals surface area contributed by atoms with Gasteiger partial charge in [-0.2, -0.15) is 5.10 Å². The fourth-order valence-corrected chi connectivity index (χ4v) is 3.71. The second kappa shape index (κ2) is 7.85. The van der Waals surface area contributed by atoms with E-state index in [9.17, 15) is 4.79 Å². The van der Waals surface area contributed by atoms with Crippen molar-refractivity contribution in [2.75, 3.05) is 13.1 Å². The molecule has 0 spiro atoms. The van der Waals surface area contributed by atoms with Crippen LogP contribution in [0.15, 0.2) is 18.6 Å². The zero-order chi connectivity index (χ0) is 17.8. The predicted molar refractivity (Wildman–Crippen MR) is 97.3 cm³/mol. The van der Waals surface area contributed by atoms with Gasteiger partial charge in [0.1, 0.15) is 5.82 Å². The maximum Gasteiger partial charge on any atom is 0.224 e. The Kier molecular flexibility index (Phi) is 5.56. The number of nitrogens with one attached hydrogen (secondary N) is 1. The van der Waals surface area contributed by atoms with Gasteiger partial charge >= 0.3 is 0 Å². The number of aromatic amines is 1. The van der Waals surface area contributed by atoms with Crippen LogP contribution in [-0.2, 0) is 17.8 Å². The van der Waals surface area contributed by atoms with E-state index in [2.05, 4.69) is 40.5 Å². The number of H-pyrrole nitrogens is 1. The van der Waals surface area contributed by atoms with Gasteiger partial charge in [-0.05, 0) is 37.7 Å². The summed E-state index contributed by atoms with van der Waals surface area (Å²) in [6.07, 6.45) is 9.47. The van der Waals surface area contributed by atoms with Crippen LogP contribution in [0, 0.1) is 12.8 Å². The third kappa shape index (κ3) is 4.30. The van der Waals surface area contributed by atoms with E-state index in [-0.39, 0.29) is 5.91 Å². The minimum atomic E-state index is 0.259. The van der Waals surface area contributed by atoms with Crippen molar-refractivity contribution >= 4 is 5.91 Å². The standard InChI is InChI=1S/C19H29N5O/c1-14(2)19-20-7-10-23(19)9-6-18(25)24-8-4-5-16(13-24)11-17-15(3)12-21-22-17/h7,10,12,14,16H,4-6,8-9,11,13H2,1-3H3,(H,21,22). The molecule has 2 aromatic heterocycles. The quantitative estimate of drug-likeness (QED) is 0.877. The fraction of sp³-hybridized carbons (Fsp3) is 0.632. The Morgan fingerprint density at radius 2 is 2.28 bits per heavy atom. The van der Waals surface area contributed by atoms with Crippen molar-refractivity contribution in [3.05, 3.63) is 35.7 Å². The van der Waals surface area contributed by atoms with Crippen molar-refractivity contribution in [3.63, 3.8) is 0 Å². The monoisotopic (exact) mass is 343 g/mol. The average molecular weight is 343 g/mol. The zero-order valence-electron chi connectivity index (χ0n) is 15.5. The van der Waals surface area contributed by atoms with E-state index >= 15 is 0 Å². The number of carbonyl (C=O) groups is 1. The molecule has 0 aliphatic carbocycles. The summed E-state index contributed by atoms with van der Waals surface area (Å²) < 4.78 is 2.11. The number of hydrogen-bond donors (Lipinski definition) is 1. The van der Waals surface area contributed by atoms with E-state index in [1.165, 1.54) is 17.7 Å². The molecule has 6 heteroatoms. The summed E-state index contributed by atoms with van der Waals surface area (Å²) in [7, 11) is 0. The summed E-state index contributed by atoms with van der Waals surface area (Å²) in [6.45, 7) is 8.81. The van der Waals surface area contributed by atoms with Gasteiger partial charge in [0, 0.05) is 50.1 Å². The molecule has 0 bridgehead atoms. The second-order valence-electron chi connectivity index (χ2n) is 7.47. The van der Waals surface area contributed by atoms with Crippen molar-refractivity contribution < 1.29 is 4.79 Å². The summed E-state index contributed by atoms with van der Waals surface area (Å²) in [5.41, 5.74) is 2.42. The molecule has 3 rings (SSSR count). The molecule has 0 radical (unpaired) electrons. The van der Waals surface area contributed by atoms with Gasteiger partial charge in [0.15, 0.2) is 0 Å². The summed E-state index contributed by atoms with van der Waals surface area (Å²) >= 11 is 0. The number of nitrogens with zero attached hydrogens (tertiary/aromatic N) is 4. The van der Waals surface area contributed by atoms with Crippen LogP contribution in [0.3, 0.4) is 0 Å². The molecule has 1 fully saturated rings. The van der Waals surface area contributed by atoms with E-state index in [0.717, 1.165) is 31.8 Å². The number of aryl methyl sites for hydroxylation is 2. The lowest BCUT2D eigenvalue weighted by atomic mass is 9.92. The van der Waals surface area contributed by atoms with Gasteiger partial charge in [0.05, 0.1) is 6.20 Å². The summed E-state index contributed by atoms with van der Waals surface area (Å²) in [5.74, 6) is 2.21. The zero-order valence-corrected chi connectivity index (χ0v) is 15.5. The lowest BCUT2D eigenvalue weighted by molar-refractivity contribution is -0.133. The summed E-state index contributed by atoms with van der Waals surface area (Å²) in [5, 5.41) is 7.20. The van der Waals surface area contributed by atoms with Crippen LogP contribution >= 0.6 is 0 Å². The van der Waals surface area contributed by atoms with Crippen LogP contribution in [0.4, 0.5) is 0 Å². The molecule has 0 aromatic carbocycles. The molecule has 2 aromatic rings. The topological polar surface area (TPSA) is 66.8 Å². The number of carbonyl (C=O) groups excluding carboxylic acids is 1. The van der Waals surface area contributed by atoms with Crippen LogP contribution in [0.25, 0.3) is 0 Å². The average Bonchev–Trinajstić information content (AvgIpc) is 3.22. The second-order valence-corrected chi connectivity index (χ2v) is 7.47. The Hall–Kier alpha value is -2.11. The predicted octanol–water partition coefficient (Wildman–Crippen LogP) is 2.91. The smallest absolute Gasteiger partial charge is 0.224 e. The molecule has 1 aliphatic rings. The first-order valence-electron chi connectivity index (χ1n) is 9.32. The Balaban J connectivity index is 1.53. The molecular weight excluding hydrogens is 314 g/mol. The minimum Gasteiger partial charge on any atom is -0.342 e. The fourth-order valence-electron chi connectivity index (χ4n) is 3.71. The Bertz CT molecular complexity index is 702. The van der Waals surface area contributed by atoms with E-state index in [0.29, 0.717) is 24.8 Å². The van der Waals surface area contributed by atoms with E-state index < -0.39 is 0 Å². The van der Waals surface area contributed by atoms with Gasteiger partial charge < -0.3 is 9.47 Å². The molecule has 136 valence electrons. The van der Waals surface area contributed by atoms with Gasteiger partial charge in [-0.3, -0.25) is 9.89 Å². The largest absolute Gasteiger partial charge is 0.342 e. The van der Waals surface area contributed by atoms with Crippen molar-refractivity contribution in [3.8, 4) is 0 Å². The van der Waals surface area contributed by atoms with Crippen molar-refractivity contribution in [1.29, 1.82) is 0 Å². The first-order valence-corrected chi connectivity index (χ1v) is 9.32. The maximum atomic E-state index is 12.7. The highest BCUT2D eigenvalue weighted by molar-refractivity contribution is 5.76. The molecule has 3 heterocycles. The molecule has 1 aliphatic heterocycles. The Morgan fingerprint density at radius 3 is 3.00 bits per heavy atom. The van der Waals surface area contributed by atoms with E-state index in [4.69, 9.17) is 0 Å². The summed E-state index contributed by atoms with van der Waals surface area (Å²) in [4.78, 5) is 19.1. The number of aromatic nitrogens is 4. The number of imidazole rings is 1. The van der Waals surface area contributed by atoms with Gasteiger partial charge in [-0.1, -0.05) is 13.8 Å². The molecule has 1 saturated heterocycles. The first-order chi connectivity index (χ1) is 12.0. The van der Waals surface area contributed by atoms with Gasteiger partial charge in [0.25, 0.3) is 0 Å². The first kappa shape index (κ1) is 17.7. The number of piperidine rings is 1. The summed E-state index contributed by atoms with van der Waals surface area (Å²) in [6, 6.07) is 0. The van der Waals surface area contributed by atoms with E-state index in [1.54, 1.807) is 0 Å². The molecule has 1 unspecified atom stereocenters. The third-order valence-corrected chi connectivity index (χ3v) is 5.13. The lowest BCUT2D eigenvalue weighted by Crippen LogP contribution is -2.40. The molecule has 6 nitrogen and oxygen atoms in total. The Labute approximate surface area is 149 Å². The molecule has 1 amide bonds. The number of rotatable bonds is 6. The highest BCUT2D eigenvalue weighted by atomic mass is 16.2. The van der Waals surface area contributed by atoms with Gasteiger partial charge in [-0.15, -0.1) is 0 Å². The molecular formula is C19H29N5O. The van der Waals surface area contributed by atoms with Gasteiger partial charge in [0.2, 0.25) is 5.91 Å². The van der Waals surface area contributed by atoms with Crippen molar-refractivity contribution in [2.45, 2.75) is 58.9 Å². The molecule has 1 N–H and O–H groups in total. The highest BCUT2D eigenvalue weighted by Crippen LogP contribution is 2.22. The van der Waals surface area contributed by atoms with Crippen LogP contribution < -0.4 is 0 Å². The number of hydrogen-bond acceptors (Lipinski definition) is 3. The van der Waals surface area contributed by atoms with Gasteiger partial charge in [-0.25, -0.2) is 4.98 Å². The number of likely N-dealkylation sites (tertiary alicyclic amines) is 1. The molecule has 1 atom stereocenters. The van der Waals surface area contributed by atoms with Crippen molar-refractivity contribution in [1.82, 2.24) is 24.6 Å². The SMILES string of the molecule is Cc1cn[nH]c1CC1CCCN(C(=O)CCn2ccnc2C(C)C)C1. The normalized spacial score (nSPS) is 18.1. The lowest BCUT2D eigenvalue weighted by Gasteiger charge is -2.33. The molecule has 25 heavy (non-hydrogen) atoms. The Morgan fingerprint density at radius 1 is 1.44 bits per heavy atom.